The summed E-state index contributed by atoms with van der Waals surface area (Å²) in [5.74, 6) is 1.05. The molecule has 0 radical (unpaired) electrons. The molecule has 0 aliphatic carbocycles. The molecule has 0 saturated carbocycles. The normalized spacial score (nSPS) is 14.4. The molecule has 1 N–H and O–H groups in total. The summed E-state index contributed by atoms with van der Waals surface area (Å²) >= 11 is 6.12. The fourth-order valence-electron chi connectivity index (χ4n) is 3.38. The van der Waals surface area contributed by atoms with Crippen LogP contribution in [0.4, 0.5) is 5.69 Å². The number of halogens is 1. The second kappa shape index (κ2) is 7.37. The number of nitrogens with zero attached hydrogens (tertiary/aromatic N) is 2. The number of carbonyl (C=O) groups is 1. The number of rotatable bonds is 4. The predicted octanol–water partition coefficient (Wildman–Crippen LogP) is 5.17. The van der Waals surface area contributed by atoms with Crippen molar-refractivity contribution >= 4 is 28.9 Å². The molecule has 0 atom stereocenters. The average Bonchev–Trinajstić information content (AvgIpc) is 2.94. The van der Waals surface area contributed by atoms with Crippen LogP contribution in [-0.2, 0) is 11.3 Å². The Labute approximate surface area is 167 Å². The van der Waals surface area contributed by atoms with E-state index in [9.17, 15) is 10.0 Å². The van der Waals surface area contributed by atoms with Crippen LogP contribution in [0.25, 0.3) is 0 Å². The zero-order valence-electron chi connectivity index (χ0n) is 15.1. The highest BCUT2D eigenvalue weighted by atomic mass is 35.5. The number of anilines is 1. The minimum atomic E-state index is -0.364. The monoisotopic (exact) mass is 392 g/mol. The summed E-state index contributed by atoms with van der Waals surface area (Å²) in [4.78, 5) is 14.4. The number of amides is 1. The molecule has 0 saturated heterocycles. The van der Waals surface area contributed by atoms with Gasteiger partial charge in [0.1, 0.15) is 11.5 Å². The quantitative estimate of drug-likeness (QED) is 0.492. The lowest BCUT2D eigenvalue weighted by molar-refractivity contribution is -0.112. The third-order valence-electron chi connectivity index (χ3n) is 4.56. The number of benzene rings is 3. The van der Waals surface area contributed by atoms with Crippen LogP contribution in [0.15, 0.2) is 71.9 Å². The molecule has 0 fully saturated rings. The standard InChI is InChI=1S/C22H17ClN2O3/c1-14-10-16(23)12-19-20(24-27)22(26)25(21(14)19)13-15-6-5-9-18(11-15)28-17-7-3-2-4-8-17/h2-12,27H,13H2,1H3/b24-20-. The van der Waals surface area contributed by atoms with E-state index in [-0.39, 0.29) is 11.6 Å². The second-order valence-electron chi connectivity index (χ2n) is 6.52. The van der Waals surface area contributed by atoms with Crippen molar-refractivity contribution in [2.45, 2.75) is 13.5 Å². The van der Waals surface area contributed by atoms with Crippen LogP contribution in [0.5, 0.6) is 11.5 Å². The largest absolute Gasteiger partial charge is 0.457 e. The Hall–Kier alpha value is -3.31. The lowest BCUT2D eigenvalue weighted by Crippen LogP contribution is -2.29. The number of aryl methyl sites for hydroxylation is 1. The summed E-state index contributed by atoms with van der Waals surface area (Å²) in [7, 11) is 0. The highest BCUT2D eigenvalue weighted by Gasteiger charge is 2.36. The Morgan fingerprint density at radius 1 is 1.04 bits per heavy atom. The van der Waals surface area contributed by atoms with Crippen LogP contribution >= 0.6 is 11.6 Å². The van der Waals surface area contributed by atoms with Gasteiger partial charge in [0.05, 0.1) is 12.2 Å². The predicted molar refractivity (Wildman–Crippen MR) is 109 cm³/mol. The van der Waals surface area contributed by atoms with Crippen LogP contribution in [-0.4, -0.2) is 16.8 Å². The van der Waals surface area contributed by atoms with Crippen LogP contribution in [0.1, 0.15) is 16.7 Å². The molecule has 1 amide bonds. The van der Waals surface area contributed by atoms with Crippen molar-refractivity contribution in [3.63, 3.8) is 0 Å². The number of hydrogen-bond donors (Lipinski definition) is 1. The molecular formula is C22H17ClN2O3. The summed E-state index contributed by atoms with van der Waals surface area (Å²) in [6.07, 6.45) is 0. The maximum atomic E-state index is 12.8. The summed E-state index contributed by atoms with van der Waals surface area (Å²) in [6.45, 7) is 2.19. The van der Waals surface area contributed by atoms with E-state index < -0.39 is 0 Å². The first-order chi connectivity index (χ1) is 13.6. The van der Waals surface area contributed by atoms with E-state index in [0.717, 1.165) is 16.9 Å². The van der Waals surface area contributed by atoms with E-state index in [1.54, 1.807) is 17.0 Å². The topological polar surface area (TPSA) is 62.1 Å². The van der Waals surface area contributed by atoms with Crippen LogP contribution in [0.3, 0.4) is 0 Å². The Bertz CT molecular complexity index is 1080. The average molecular weight is 393 g/mol. The van der Waals surface area contributed by atoms with Crippen molar-refractivity contribution in [1.29, 1.82) is 0 Å². The van der Waals surface area contributed by atoms with Gasteiger partial charge in [0.15, 0.2) is 5.71 Å². The maximum Gasteiger partial charge on any atom is 0.281 e. The minimum absolute atomic E-state index is 0.00251. The molecule has 3 aromatic carbocycles. The maximum absolute atomic E-state index is 12.8. The Morgan fingerprint density at radius 2 is 1.79 bits per heavy atom. The molecule has 0 unspecified atom stereocenters. The van der Waals surface area contributed by atoms with Crippen molar-refractivity contribution in [1.82, 2.24) is 0 Å². The lowest BCUT2D eigenvalue weighted by Gasteiger charge is -2.19. The fourth-order valence-corrected chi connectivity index (χ4v) is 3.65. The first kappa shape index (κ1) is 18.1. The zero-order chi connectivity index (χ0) is 19.7. The van der Waals surface area contributed by atoms with E-state index in [0.29, 0.717) is 28.6 Å². The van der Waals surface area contributed by atoms with Crippen LogP contribution in [0, 0.1) is 6.92 Å². The number of hydrogen-bond acceptors (Lipinski definition) is 4. The Kier molecular flexibility index (Phi) is 4.75. The van der Waals surface area contributed by atoms with Crippen LogP contribution < -0.4 is 9.64 Å². The lowest BCUT2D eigenvalue weighted by atomic mass is 10.1. The first-order valence-electron chi connectivity index (χ1n) is 8.73. The molecule has 1 aliphatic heterocycles. The highest BCUT2D eigenvalue weighted by Crippen LogP contribution is 2.36. The molecule has 140 valence electrons. The third-order valence-corrected chi connectivity index (χ3v) is 4.77. The van der Waals surface area contributed by atoms with Gasteiger partial charge in [-0.2, -0.15) is 0 Å². The number of oxime groups is 1. The van der Waals surface area contributed by atoms with Gasteiger partial charge in [-0.3, -0.25) is 4.79 Å². The van der Waals surface area contributed by atoms with E-state index in [2.05, 4.69) is 5.16 Å². The summed E-state index contributed by atoms with van der Waals surface area (Å²) in [6, 6.07) is 20.5. The Morgan fingerprint density at radius 3 is 2.54 bits per heavy atom. The highest BCUT2D eigenvalue weighted by molar-refractivity contribution is 6.54. The van der Waals surface area contributed by atoms with Gasteiger partial charge in [0, 0.05) is 10.6 Å². The van der Waals surface area contributed by atoms with Crippen molar-refractivity contribution in [3.8, 4) is 11.5 Å². The summed E-state index contributed by atoms with van der Waals surface area (Å²) in [5.41, 5.74) is 2.97. The van der Waals surface area contributed by atoms with Gasteiger partial charge in [-0.25, -0.2) is 0 Å². The van der Waals surface area contributed by atoms with Gasteiger partial charge in [0.2, 0.25) is 0 Å². The van der Waals surface area contributed by atoms with E-state index >= 15 is 0 Å². The minimum Gasteiger partial charge on any atom is -0.457 e. The molecule has 6 heteroatoms. The van der Waals surface area contributed by atoms with Gasteiger partial charge >= 0.3 is 0 Å². The molecule has 0 bridgehead atoms. The van der Waals surface area contributed by atoms with E-state index in [1.165, 1.54) is 0 Å². The van der Waals surface area contributed by atoms with Gasteiger partial charge in [0.25, 0.3) is 5.91 Å². The molecule has 0 spiro atoms. The SMILES string of the molecule is Cc1cc(Cl)cc2c1N(Cc1cccc(Oc3ccccc3)c1)C(=O)/C2=N\O. The van der Waals surface area contributed by atoms with Crippen molar-refractivity contribution in [2.24, 2.45) is 5.16 Å². The number of fused-ring (bicyclic) bond motifs is 1. The molecule has 0 aromatic heterocycles. The molecule has 5 nitrogen and oxygen atoms in total. The number of para-hydroxylation sites is 1. The van der Waals surface area contributed by atoms with Crippen molar-refractivity contribution < 1.29 is 14.7 Å². The summed E-state index contributed by atoms with van der Waals surface area (Å²) < 4.78 is 5.88. The second-order valence-corrected chi connectivity index (χ2v) is 6.96. The molecule has 1 heterocycles. The van der Waals surface area contributed by atoms with Crippen LogP contribution in [0.2, 0.25) is 5.02 Å². The Balaban J connectivity index is 1.65. The first-order valence-corrected chi connectivity index (χ1v) is 9.11. The van der Waals surface area contributed by atoms with E-state index in [1.807, 2.05) is 61.5 Å². The summed E-state index contributed by atoms with van der Waals surface area (Å²) in [5, 5.41) is 13.0. The van der Waals surface area contributed by atoms with Crippen molar-refractivity contribution in [3.05, 3.63) is 88.4 Å². The molecule has 3 aromatic rings. The molecule has 28 heavy (non-hydrogen) atoms. The molecule has 4 rings (SSSR count). The van der Waals surface area contributed by atoms with Gasteiger partial charge < -0.3 is 14.8 Å². The number of ether oxygens (including phenoxy) is 1. The number of carbonyl (C=O) groups excluding carboxylic acids is 1. The van der Waals surface area contributed by atoms with Gasteiger partial charge in [-0.05, 0) is 54.4 Å². The molecular weight excluding hydrogens is 376 g/mol. The van der Waals surface area contributed by atoms with Gasteiger partial charge in [-0.1, -0.05) is 47.1 Å². The third kappa shape index (κ3) is 3.32. The zero-order valence-corrected chi connectivity index (χ0v) is 15.8. The van der Waals surface area contributed by atoms with E-state index in [4.69, 9.17) is 16.3 Å². The fraction of sp³-hybridized carbons (Fsp3) is 0.0909. The smallest absolute Gasteiger partial charge is 0.281 e. The molecule has 1 aliphatic rings. The van der Waals surface area contributed by atoms with Crippen molar-refractivity contribution in [2.75, 3.05) is 4.90 Å². The van der Waals surface area contributed by atoms with Gasteiger partial charge in [-0.15, -0.1) is 0 Å².